The van der Waals surface area contributed by atoms with Crippen LogP contribution in [0.3, 0.4) is 0 Å². The van der Waals surface area contributed by atoms with Gasteiger partial charge >= 0.3 is 0 Å². The van der Waals surface area contributed by atoms with Gasteiger partial charge in [-0.1, -0.05) is 71.7 Å². The first-order chi connectivity index (χ1) is 21.5. The van der Waals surface area contributed by atoms with Gasteiger partial charge < -0.3 is 15.0 Å². The highest BCUT2D eigenvalue weighted by Gasteiger charge is 2.35. The van der Waals surface area contributed by atoms with Crippen molar-refractivity contribution < 1.29 is 22.7 Å². The molecule has 0 fully saturated rings. The fraction of sp³-hybridized carbons (Fsp3) is 0.235. The minimum Gasteiger partial charge on any atom is -0.497 e. The van der Waals surface area contributed by atoms with Gasteiger partial charge in [0, 0.05) is 29.1 Å². The summed E-state index contributed by atoms with van der Waals surface area (Å²) in [7, 11) is -2.78. The maximum absolute atomic E-state index is 14.5. The van der Waals surface area contributed by atoms with Crippen molar-refractivity contribution in [1.82, 2.24) is 10.2 Å². The van der Waals surface area contributed by atoms with Crippen molar-refractivity contribution in [2.75, 3.05) is 18.0 Å². The Morgan fingerprint density at radius 3 is 2.07 bits per heavy atom. The summed E-state index contributed by atoms with van der Waals surface area (Å²) in [6.07, 6.45) is 0.196. The molecule has 4 aromatic rings. The van der Waals surface area contributed by atoms with E-state index >= 15 is 0 Å². The highest BCUT2D eigenvalue weighted by atomic mass is 35.5. The molecule has 0 spiro atoms. The highest BCUT2D eigenvalue weighted by molar-refractivity contribution is 7.92. The molecule has 0 aliphatic rings. The Balaban J connectivity index is 1.81. The number of nitrogens with zero attached hydrogens (tertiary/aromatic N) is 2. The van der Waals surface area contributed by atoms with Gasteiger partial charge in [-0.05, 0) is 79.6 Å². The van der Waals surface area contributed by atoms with E-state index in [1.54, 1.807) is 36.4 Å². The normalized spacial score (nSPS) is 12.0. The lowest BCUT2D eigenvalue weighted by molar-refractivity contribution is -0.140. The maximum atomic E-state index is 14.5. The first kappa shape index (κ1) is 33.8. The number of ether oxygens (including phenoxy) is 1. The first-order valence-electron chi connectivity index (χ1n) is 14.3. The number of nitrogens with one attached hydrogen (secondary N) is 1. The smallest absolute Gasteiger partial charge is 0.264 e. The number of methoxy groups -OCH3 is 1. The zero-order valence-corrected chi connectivity index (χ0v) is 27.5. The molecule has 2 amide bonds. The molecule has 0 unspecified atom stereocenters. The fourth-order valence-electron chi connectivity index (χ4n) is 4.76. The molecule has 4 rings (SSSR count). The molecule has 0 heterocycles. The van der Waals surface area contributed by atoms with Crippen LogP contribution < -0.4 is 14.4 Å². The number of benzene rings is 4. The number of sulfonamides is 1. The zero-order valence-electron chi connectivity index (χ0n) is 25.2. The van der Waals surface area contributed by atoms with Crippen LogP contribution in [0.25, 0.3) is 0 Å². The van der Waals surface area contributed by atoms with Crippen LogP contribution in [0, 0.1) is 0 Å². The van der Waals surface area contributed by atoms with Gasteiger partial charge in [0.15, 0.2) is 0 Å². The third-order valence-electron chi connectivity index (χ3n) is 7.04. The average molecular weight is 669 g/mol. The van der Waals surface area contributed by atoms with Gasteiger partial charge in [-0.3, -0.25) is 13.9 Å². The van der Waals surface area contributed by atoms with E-state index in [0.29, 0.717) is 21.4 Å². The van der Waals surface area contributed by atoms with Crippen molar-refractivity contribution in [2.24, 2.45) is 0 Å². The monoisotopic (exact) mass is 667 g/mol. The second kappa shape index (κ2) is 15.3. The molecule has 45 heavy (non-hydrogen) atoms. The van der Waals surface area contributed by atoms with Gasteiger partial charge in [0.2, 0.25) is 11.8 Å². The van der Waals surface area contributed by atoms with Crippen LogP contribution in [-0.2, 0) is 32.6 Å². The number of halogens is 2. The Kier molecular flexibility index (Phi) is 11.5. The number of amides is 2. The molecule has 8 nitrogen and oxygen atoms in total. The molecule has 0 radical (unpaired) electrons. The van der Waals surface area contributed by atoms with E-state index in [-0.39, 0.29) is 35.5 Å². The summed E-state index contributed by atoms with van der Waals surface area (Å²) >= 11 is 12.7. The van der Waals surface area contributed by atoms with Crippen LogP contribution in [0.2, 0.25) is 10.0 Å². The van der Waals surface area contributed by atoms with Crippen molar-refractivity contribution in [3.05, 3.63) is 124 Å². The molecule has 0 aliphatic heterocycles. The molecule has 1 N–H and O–H groups in total. The topological polar surface area (TPSA) is 96.0 Å². The van der Waals surface area contributed by atoms with E-state index in [1.165, 1.54) is 48.4 Å². The van der Waals surface area contributed by atoms with Crippen LogP contribution >= 0.6 is 23.2 Å². The van der Waals surface area contributed by atoms with Crippen LogP contribution in [0.5, 0.6) is 5.75 Å². The third-order valence-corrected chi connectivity index (χ3v) is 9.45. The Bertz CT molecular complexity index is 1700. The minimum atomic E-state index is -4.26. The predicted molar refractivity (Wildman–Crippen MR) is 178 cm³/mol. The van der Waals surface area contributed by atoms with Crippen molar-refractivity contribution in [2.45, 2.75) is 43.8 Å². The average Bonchev–Trinajstić information content (AvgIpc) is 3.03. The Morgan fingerprint density at radius 2 is 1.47 bits per heavy atom. The second-order valence-corrected chi connectivity index (χ2v) is 13.4. The molecule has 0 bridgehead atoms. The first-order valence-corrected chi connectivity index (χ1v) is 16.5. The summed E-state index contributed by atoms with van der Waals surface area (Å²) < 4.78 is 34.4. The highest BCUT2D eigenvalue weighted by Crippen LogP contribution is 2.28. The summed E-state index contributed by atoms with van der Waals surface area (Å²) in [6, 6.07) is 27.2. The number of carbonyl (C=O) groups excluding carboxylic acids is 2. The quantitative estimate of drug-likeness (QED) is 0.179. The van der Waals surface area contributed by atoms with Crippen molar-refractivity contribution in [3.63, 3.8) is 0 Å². The largest absolute Gasteiger partial charge is 0.497 e. The van der Waals surface area contributed by atoms with E-state index < -0.39 is 28.5 Å². The second-order valence-electron chi connectivity index (χ2n) is 10.6. The fourth-order valence-corrected chi connectivity index (χ4v) is 6.49. The van der Waals surface area contributed by atoms with Gasteiger partial charge in [0.05, 0.1) is 17.7 Å². The summed E-state index contributed by atoms with van der Waals surface area (Å²) in [5, 5.41) is 3.75. The lowest BCUT2D eigenvalue weighted by Gasteiger charge is -2.34. The van der Waals surface area contributed by atoms with Crippen molar-refractivity contribution in [1.29, 1.82) is 0 Å². The van der Waals surface area contributed by atoms with Crippen molar-refractivity contribution >= 4 is 50.7 Å². The zero-order chi connectivity index (χ0) is 32.6. The molecule has 0 saturated heterocycles. The van der Waals surface area contributed by atoms with Gasteiger partial charge in [-0.25, -0.2) is 8.42 Å². The number of hydrogen-bond donors (Lipinski definition) is 1. The molecule has 236 valence electrons. The molecular weight excluding hydrogens is 633 g/mol. The number of rotatable bonds is 13. The lowest BCUT2D eigenvalue weighted by Crippen LogP contribution is -2.54. The summed E-state index contributed by atoms with van der Waals surface area (Å²) in [5.41, 5.74) is 1.67. The van der Waals surface area contributed by atoms with Crippen LogP contribution in [0.4, 0.5) is 5.69 Å². The summed E-state index contributed by atoms with van der Waals surface area (Å²) in [5.74, 6) is -0.485. The van der Waals surface area contributed by atoms with E-state index in [4.69, 9.17) is 27.9 Å². The molecule has 1 atom stereocenters. The Morgan fingerprint density at radius 1 is 0.844 bits per heavy atom. The third kappa shape index (κ3) is 8.78. The predicted octanol–water partition coefficient (Wildman–Crippen LogP) is 6.36. The van der Waals surface area contributed by atoms with Crippen LogP contribution in [0.1, 0.15) is 25.0 Å². The number of carbonyl (C=O) groups is 2. The van der Waals surface area contributed by atoms with E-state index in [9.17, 15) is 18.0 Å². The maximum Gasteiger partial charge on any atom is 0.264 e. The standard InChI is InChI=1S/C34H35Cl2N3O5S/c1-24(2)37-34(41)32(21-25-9-5-4-6-10-25)38(22-26-11-7-8-12-31(26)36)33(40)23-39(28-15-13-27(35)14-16-28)45(42,43)30-19-17-29(44-3)18-20-30/h4-20,24,32H,21-23H2,1-3H3,(H,37,41)/t32-/m1/s1. The summed E-state index contributed by atoms with van der Waals surface area (Å²) in [4.78, 5) is 29.6. The molecule has 0 aromatic heterocycles. The Hall–Kier alpha value is -4.05. The minimum absolute atomic E-state index is 0.0292. The van der Waals surface area contributed by atoms with Gasteiger partial charge in [0.25, 0.3) is 10.0 Å². The molecule has 11 heteroatoms. The van der Waals surface area contributed by atoms with Gasteiger partial charge in [0.1, 0.15) is 18.3 Å². The SMILES string of the molecule is COc1ccc(S(=O)(=O)N(CC(=O)N(Cc2ccccc2Cl)[C@H](Cc2ccccc2)C(=O)NC(C)C)c2ccc(Cl)cc2)cc1. The van der Waals surface area contributed by atoms with Crippen LogP contribution in [-0.4, -0.2) is 50.9 Å². The van der Waals surface area contributed by atoms with Crippen LogP contribution in [0.15, 0.2) is 108 Å². The number of anilines is 1. The van der Waals surface area contributed by atoms with Crippen molar-refractivity contribution in [3.8, 4) is 5.75 Å². The lowest BCUT2D eigenvalue weighted by atomic mass is 10.0. The molecule has 0 saturated carbocycles. The van der Waals surface area contributed by atoms with Gasteiger partial charge in [-0.2, -0.15) is 0 Å². The van der Waals surface area contributed by atoms with E-state index in [0.717, 1.165) is 9.87 Å². The summed E-state index contributed by atoms with van der Waals surface area (Å²) in [6.45, 7) is 3.04. The molecule has 4 aromatic carbocycles. The molecule has 0 aliphatic carbocycles. The van der Waals surface area contributed by atoms with E-state index in [2.05, 4.69) is 5.32 Å². The Labute approximate surface area is 274 Å². The van der Waals surface area contributed by atoms with Gasteiger partial charge in [-0.15, -0.1) is 0 Å². The van der Waals surface area contributed by atoms with E-state index in [1.807, 2.05) is 44.2 Å². The molecular formula is C34H35Cl2N3O5S. The number of hydrogen-bond acceptors (Lipinski definition) is 5.